The second-order valence-corrected chi connectivity index (χ2v) is 3.07. The van der Waals surface area contributed by atoms with E-state index in [1.165, 1.54) is 0 Å². The van der Waals surface area contributed by atoms with Crippen LogP contribution in [0.25, 0.3) is 0 Å². The Labute approximate surface area is 34.9 Å². The van der Waals surface area contributed by atoms with Gasteiger partial charge in [-0.25, -0.2) is 0 Å². The third-order valence-corrected chi connectivity index (χ3v) is 0. The first-order chi connectivity index (χ1) is 1.73. The molecule has 0 heterocycles. The molecule has 0 aliphatic carbocycles. The summed E-state index contributed by atoms with van der Waals surface area (Å²) < 4.78 is 9.54. The maximum atomic E-state index is 4.95. The molecular weight excluding hydrogens is 170 g/mol. The van der Waals surface area contributed by atoms with Gasteiger partial charge in [0.25, 0.3) is 0 Å². The summed E-state index contributed by atoms with van der Waals surface area (Å²) in [6, 6.07) is 0. The van der Waals surface area contributed by atoms with Crippen LogP contribution in [-0.2, 0) is 16.2 Å². The van der Waals surface area contributed by atoms with Crippen molar-refractivity contribution in [3.63, 3.8) is 0 Å². The molecule has 0 saturated carbocycles. The van der Waals surface area contributed by atoms with Crippen LogP contribution in [-0.4, -0.2) is 0 Å². The molecule has 0 radical (unpaired) electrons. The second-order valence-electron chi connectivity index (χ2n) is 0.243. The van der Waals surface area contributed by atoms with Crippen LogP contribution in [0.1, 0.15) is 0 Å². The second kappa shape index (κ2) is 2.13. The molecular formula is H4ClN2Pd. The molecule has 0 atom stereocenters. The van der Waals surface area contributed by atoms with E-state index in [1.54, 1.807) is 0 Å². The predicted molar refractivity (Wildman–Crippen MR) is 14.2 cm³/mol. The summed E-state index contributed by atoms with van der Waals surface area (Å²) in [7, 11) is 4.95. The van der Waals surface area contributed by atoms with Crippen molar-refractivity contribution in [3.05, 3.63) is 0 Å². The summed E-state index contributed by atoms with van der Waals surface area (Å²) in [6.07, 6.45) is 0. The van der Waals surface area contributed by atoms with E-state index in [2.05, 4.69) is 0 Å². The van der Waals surface area contributed by atoms with Gasteiger partial charge in [0.1, 0.15) is 0 Å². The Kier molecular flexibility index (Phi) is 2.60. The van der Waals surface area contributed by atoms with E-state index in [-0.39, 0.29) is 0 Å². The maximum absolute atomic E-state index is 4.95. The zero-order valence-electron chi connectivity index (χ0n) is 1.85. The van der Waals surface area contributed by atoms with Gasteiger partial charge in [0.15, 0.2) is 0 Å². The molecule has 0 aliphatic rings. The Bertz CT molecular complexity index is 10.8. The third-order valence-electron chi connectivity index (χ3n) is 0. The van der Waals surface area contributed by atoms with E-state index >= 15 is 0 Å². The topological polar surface area (TPSA) is 52.0 Å². The van der Waals surface area contributed by atoms with Gasteiger partial charge >= 0.3 is 34.5 Å². The van der Waals surface area contributed by atoms with E-state index in [9.17, 15) is 0 Å². The number of rotatable bonds is 0. The zero-order valence-corrected chi connectivity index (χ0v) is 4.16. The molecule has 0 aromatic rings. The molecule has 0 unspecified atom stereocenters. The van der Waals surface area contributed by atoms with Gasteiger partial charge in [0, 0.05) is 0 Å². The Morgan fingerprint density at radius 1 is 1.50 bits per heavy atom. The molecule has 0 amide bonds. The van der Waals surface area contributed by atoms with Gasteiger partial charge in [-0.15, -0.1) is 0 Å². The van der Waals surface area contributed by atoms with E-state index in [1.807, 2.05) is 0 Å². The monoisotopic (exact) mass is 173 g/mol. The van der Waals surface area contributed by atoms with Crippen LogP contribution >= 0.6 is 9.53 Å². The molecule has 0 rings (SSSR count). The number of halogens is 1. The summed E-state index contributed by atoms with van der Waals surface area (Å²) in [5.74, 6) is 0. The first-order valence-electron chi connectivity index (χ1n) is 0.485. The van der Waals surface area contributed by atoms with Gasteiger partial charge in [-0.1, -0.05) is 0 Å². The quantitative estimate of drug-likeness (QED) is 0.486. The van der Waals surface area contributed by atoms with Crippen molar-refractivity contribution in [2.75, 3.05) is 0 Å². The van der Waals surface area contributed by atoms with Crippen LogP contribution in [0.5, 0.6) is 0 Å². The van der Waals surface area contributed by atoms with Crippen molar-refractivity contribution >= 4 is 9.53 Å². The summed E-state index contributed by atoms with van der Waals surface area (Å²) in [6.45, 7) is 0. The minimum absolute atomic E-state index is 1.51. The summed E-state index contributed by atoms with van der Waals surface area (Å²) in [5.41, 5.74) is 0. The van der Waals surface area contributed by atoms with Crippen LogP contribution in [0.3, 0.4) is 0 Å². The van der Waals surface area contributed by atoms with Gasteiger partial charge in [-0.2, -0.15) is 0 Å². The molecule has 0 aromatic heterocycles. The van der Waals surface area contributed by atoms with Crippen molar-refractivity contribution in [1.82, 2.24) is 0 Å². The van der Waals surface area contributed by atoms with Crippen LogP contribution in [0.15, 0.2) is 0 Å². The average Bonchev–Trinajstić information content (AvgIpc) is 0.811. The van der Waals surface area contributed by atoms with Gasteiger partial charge in [0.2, 0.25) is 0 Å². The minimum atomic E-state index is -1.51. The molecule has 0 aromatic carbocycles. The van der Waals surface area contributed by atoms with Crippen molar-refractivity contribution in [2.45, 2.75) is 0 Å². The van der Waals surface area contributed by atoms with E-state index in [4.69, 9.17) is 18.3 Å². The van der Waals surface area contributed by atoms with Gasteiger partial charge in [0.05, 0.1) is 0 Å². The Hall–Kier alpha value is 0.872. The Morgan fingerprint density at radius 3 is 1.50 bits per heavy atom. The fourth-order valence-corrected chi connectivity index (χ4v) is 0. The fraction of sp³-hybridized carbons (Fsp3) is 0. The molecule has 4 heavy (non-hydrogen) atoms. The molecule has 0 spiro atoms. The molecule has 0 bridgehead atoms. The molecule has 2 nitrogen and oxygen atoms in total. The zero-order chi connectivity index (χ0) is 3.58. The average molecular weight is 174 g/mol. The molecule has 0 fully saturated rings. The Morgan fingerprint density at radius 2 is 1.50 bits per heavy atom. The molecule has 0 saturated heterocycles. The van der Waals surface area contributed by atoms with Crippen molar-refractivity contribution in [1.29, 1.82) is 0 Å². The fourth-order valence-electron chi connectivity index (χ4n) is 0. The van der Waals surface area contributed by atoms with Gasteiger partial charge < -0.3 is 0 Å². The Balaban J connectivity index is 2.32. The van der Waals surface area contributed by atoms with Crippen LogP contribution in [0, 0.1) is 0 Å². The van der Waals surface area contributed by atoms with E-state index in [0.29, 0.717) is 0 Å². The van der Waals surface area contributed by atoms with Crippen LogP contribution in [0.2, 0.25) is 0 Å². The number of hydrogen-bond donors (Lipinski definition) is 2. The van der Waals surface area contributed by atoms with Crippen LogP contribution < -0.4 is 8.73 Å². The first kappa shape index (κ1) is 4.87. The van der Waals surface area contributed by atoms with Gasteiger partial charge in [-0.05, 0) is 0 Å². The number of hydrogen-bond acceptors (Lipinski definition) is 2. The normalized spacial score (nSPS) is 11.2. The SMILES string of the molecule is [NH2][Pd]([NH2])[Cl]. The first-order valence-corrected chi connectivity index (χ1v) is 4.28. The van der Waals surface area contributed by atoms with Crippen molar-refractivity contribution in [2.24, 2.45) is 8.73 Å². The molecule has 31 valence electrons. The predicted octanol–water partition coefficient (Wildman–Crippen LogP) is -0.494. The van der Waals surface area contributed by atoms with E-state index < -0.39 is 16.2 Å². The van der Waals surface area contributed by atoms with Crippen molar-refractivity contribution < 1.29 is 16.2 Å². The van der Waals surface area contributed by atoms with Crippen LogP contribution in [0.4, 0.5) is 0 Å². The number of nitrogens with two attached hydrogens (primary N) is 2. The third kappa shape index (κ3) is 13.2. The standard InChI is InChI=1S/ClH.2H2N.Pd/h1H;2*1H2;/q;2*-1;+3/p-1. The molecule has 0 aliphatic heterocycles. The van der Waals surface area contributed by atoms with Gasteiger partial charge in [-0.3, -0.25) is 0 Å². The molecule has 4 heteroatoms. The summed E-state index contributed by atoms with van der Waals surface area (Å²) in [4.78, 5) is 0. The van der Waals surface area contributed by atoms with Crippen molar-refractivity contribution in [3.8, 4) is 0 Å². The van der Waals surface area contributed by atoms with E-state index in [0.717, 1.165) is 0 Å². The summed E-state index contributed by atoms with van der Waals surface area (Å²) in [5, 5.41) is 0. The summed E-state index contributed by atoms with van der Waals surface area (Å²) >= 11 is -1.51. The molecule has 4 N–H and O–H groups in total.